The molecule has 0 aliphatic carbocycles. The summed E-state index contributed by atoms with van der Waals surface area (Å²) >= 11 is 0. The van der Waals surface area contributed by atoms with Crippen LogP contribution in [0.3, 0.4) is 0 Å². The Morgan fingerprint density at radius 2 is 1.87 bits per heavy atom. The Kier molecular flexibility index (Phi) is 4.22. The van der Waals surface area contributed by atoms with Gasteiger partial charge in [-0.25, -0.2) is 4.79 Å². The fourth-order valence-corrected chi connectivity index (χ4v) is 2.41. The van der Waals surface area contributed by atoms with Crippen LogP contribution < -0.4 is 5.63 Å². The number of hydrogen-bond donors (Lipinski definition) is 0. The number of benzene rings is 2. The number of allylic oxidation sites excluding steroid dienone is 1. The maximum Gasteiger partial charge on any atom is 0.343 e. The van der Waals surface area contributed by atoms with Gasteiger partial charge in [0.05, 0.1) is 5.56 Å². The van der Waals surface area contributed by atoms with Crippen molar-refractivity contribution in [2.24, 2.45) is 5.11 Å². The lowest BCUT2D eigenvalue weighted by Crippen LogP contribution is -2.07. The highest BCUT2D eigenvalue weighted by Crippen LogP contribution is 2.21. The third-order valence-corrected chi connectivity index (χ3v) is 3.49. The summed E-state index contributed by atoms with van der Waals surface area (Å²) in [5, 5.41) is 4.33. The van der Waals surface area contributed by atoms with Crippen LogP contribution in [0, 0.1) is 0 Å². The van der Waals surface area contributed by atoms with Gasteiger partial charge in [0.1, 0.15) is 5.58 Å². The van der Waals surface area contributed by atoms with E-state index in [-0.39, 0.29) is 0 Å². The Hall–Kier alpha value is -3.30. The molecule has 0 aliphatic heterocycles. The Balaban J connectivity index is 2.11. The lowest BCUT2D eigenvalue weighted by Gasteiger charge is -2.07. The number of azide groups is 1. The molecule has 0 bridgehead atoms. The topological polar surface area (TPSA) is 79.0 Å². The molecular weight excluding hydrogens is 290 g/mol. The minimum atomic E-state index is -0.445. The maximum absolute atomic E-state index is 12.3. The molecule has 1 aromatic heterocycles. The highest BCUT2D eigenvalue weighted by molar-refractivity contribution is 5.81. The summed E-state index contributed by atoms with van der Waals surface area (Å²) in [6.45, 7) is 0. The standard InChI is InChI=1S/C18H13N3O2/c19-21-20-12-15(10-13-6-2-1-3-7-13)16-11-14-8-4-5-9-17(14)23-18(16)22/h1-9,11-12H,10H2/b15-12+. The molecule has 23 heavy (non-hydrogen) atoms. The molecule has 0 spiro atoms. The van der Waals surface area contributed by atoms with Gasteiger partial charge in [-0.3, -0.25) is 0 Å². The van der Waals surface area contributed by atoms with Crippen LogP contribution >= 0.6 is 0 Å². The molecule has 0 atom stereocenters. The predicted molar refractivity (Wildman–Crippen MR) is 89.8 cm³/mol. The summed E-state index contributed by atoms with van der Waals surface area (Å²) in [5.41, 5.74) is 10.7. The Labute approximate surface area is 132 Å². The first-order chi connectivity index (χ1) is 11.3. The van der Waals surface area contributed by atoms with Crippen LogP contribution in [0.25, 0.3) is 27.0 Å². The van der Waals surface area contributed by atoms with Crippen molar-refractivity contribution >= 4 is 16.5 Å². The lowest BCUT2D eigenvalue weighted by molar-refractivity contribution is 0.558. The highest BCUT2D eigenvalue weighted by Gasteiger charge is 2.10. The van der Waals surface area contributed by atoms with E-state index < -0.39 is 5.63 Å². The van der Waals surface area contributed by atoms with Crippen molar-refractivity contribution in [2.45, 2.75) is 6.42 Å². The van der Waals surface area contributed by atoms with E-state index >= 15 is 0 Å². The zero-order valence-corrected chi connectivity index (χ0v) is 12.2. The number of nitrogens with zero attached hydrogens (tertiary/aromatic N) is 3. The number of fused-ring (bicyclic) bond motifs is 1. The van der Waals surface area contributed by atoms with E-state index in [2.05, 4.69) is 10.0 Å². The quantitative estimate of drug-likeness (QED) is 0.303. The van der Waals surface area contributed by atoms with Crippen LogP contribution in [0.5, 0.6) is 0 Å². The van der Waals surface area contributed by atoms with Crippen LogP contribution in [-0.2, 0) is 6.42 Å². The minimum Gasteiger partial charge on any atom is -0.422 e. The van der Waals surface area contributed by atoms with Crippen molar-refractivity contribution in [3.8, 4) is 0 Å². The van der Waals surface area contributed by atoms with Gasteiger partial charge in [-0.15, -0.1) is 0 Å². The summed E-state index contributed by atoms with van der Waals surface area (Å²) < 4.78 is 5.36. The van der Waals surface area contributed by atoms with Gasteiger partial charge in [0, 0.05) is 16.5 Å². The van der Waals surface area contributed by atoms with Crippen LogP contribution in [0.4, 0.5) is 0 Å². The monoisotopic (exact) mass is 303 g/mol. The second-order valence-corrected chi connectivity index (χ2v) is 5.01. The smallest absolute Gasteiger partial charge is 0.343 e. The molecule has 0 unspecified atom stereocenters. The Morgan fingerprint density at radius 1 is 1.13 bits per heavy atom. The van der Waals surface area contributed by atoms with Crippen molar-refractivity contribution in [1.29, 1.82) is 0 Å². The maximum atomic E-state index is 12.3. The van der Waals surface area contributed by atoms with Crippen LogP contribution in [-0.4, -0.2) is 0 Å². The van der Waals surface area contributed by atoms with Crippen molar-refractivity contribution in [2.75, 3.05) is 0 Å². The third kappa shape index (κ3) is 3.31. The second-order valence-electron chi connectivity index (χ2n) is 5.01. The first-order valence-corrected chi connectivity index (χ1v) is 7.08. The summed E-state index contributed by atoms with van der Waals surface area (Å²) in [6.07, 6.45) is 1.84. The van der Waals surface area contributed by atoms with E-state index in [4.69, 9.17) is 9.95 Å². The van der Waals surface area contributed by atoms with Gasteiger partial charge in [-0.05, 0) is 35.2 Å². The lowest BCUT2D eigenvalue weighted by atomic mass is 9.99. The first kappa shape index (κ1) is 14.6. The largest absolute Gasteiger partial charge is 0.422 e. The van der Waals surface area contributed by atoms with Crippen LogP contribution in [0.15, 0.2) is 81.2 Å². The van der Waals surface area contributed by atoms with E-state index in [1.54, 1.807) is 12.1 Å². The van der Waals surface area contributed by atoms with E-state index in [1.165, 1.54) is 6.20 Å². The van der Waals surface area contributed by atoms with E-state index in [1.807, 2.05) is 48.5 Å². The molecule has 0 saturated carbocycles. The predicted octanol–water partition coefficient (Wildman–Crippen LogP) is 4.69. The average Bonchev–Trinajstić information content (AvgIpc) is 2.59. The SMILES string of the molecule is [N-]=[N+]=N/C=C(\Cc1ccccc1)c1cc2ccccc2oc1=O. The molecule has 3 aromatic rings. The zero-order chi connectivity index (χ0) is 16.1. The van der Waals surface area contributed by atoms with Gasteiger partial charge in [-0.2, -0.15) is 0 Å². The molecule has 0 saturated heterocycles. The first-order valence-electron chi connectivity index (χ1n) is 7.08. The normalized spacial score (nSPS) is 11.2. The molecule has 0 aliphatic rings. The molecule has 112 valence electrons. The molecule has 0 fully saturated rings. The molecular formula is C18H13N3O2. The fraction of sp³-hybridized carbons (Fsp3) is 0.0556. The van der Waals surface area contributed by atoms with Gasteiger partial charge in [0.2, 0.25) is 0 Å². The molecule has 0 N–H and O–H groups in total. The summed E-state index contributed by atoms with van der Waals surface area (Å²) in [7, 11) is 0. The van der Waals surface area contributed by atoms with Crippen molar-refractivity contribution in [3.63, 3.8) is 0 Å². The van der Waals surface area contributed by atoms with Gasteiger partial charge in [0.25, 0.3) is 0 Å². The van der Waals surface area contributed by atoms with Crippen molar-refractivity contribution in [3.05, 3.63) is 98.9 Å². The molecule has 0 radical (unpaired) electrons. The van der Waals surface area contributed by atoms with Gasteiger partial charge < -0.3 is 4.42 Å². The molecule has 5 nitrogen and oxygen atoms in total. The van der Waals surface area contributed by atoms with Crippen LogP contribution in [0.1, 0.15) is 11.1 Å². The van der Waals surface area contributed by atoms with Gasteiger partial charge in [0.15, 0.2) is 0 Å². The van der Waals surface area contributed by atoms with E-state index in [0.29, 0.717) is 23.1 Å². The van der Waals surface area contributed by atoms with Gasteiger partial charge >= 0.3 is 5.63 Å². The molecule has 5 heteroatoms. The number of para-hydroxylation sites is 1. The van der Waals surface area contributed by atoms with Gasteiger partial charge in [-0.1, -0.05) is 53.6 Å². The average molecular weight is 303 g/mol. The zero-order valence-electron chi connectivity index (χ0n) is 12.2. The third-order valence-electron chi connectivity index (χ3n) is 3.49. The number of rotatable bonds is 4. The molecule has 2 aromatic carbocycles. The summed E-state index contributed by atoms with van der Waals surface area (Å²) in [4.78, 5) is 15.0. The van der Waals surface area contributed by atoms with Crippen LogP contribution in [0.2, 0.25) is 0 Å². The Morgan fingerprint density at radius 3 is 2.65 bits per heavy atom. The fourth-order valence-electron chi connectivity index (χ4n) is 2.41. The number of hydrogen-bond acceptors (Lipinski definition) is 3. The van der Waals surface area contributed by atoms with Crippen molar-refractivity contribution < 1.29 is 4.42 Å². The summed E-state index contributed by atoms with van der Waals surface area (Å²) in [6, 6.07) is 18.7. The van der Waals surface area contributed by atoms with E-state index in [0.717, 1.165) is 10.9 Å². The van der Waals surface area contributed by atoms with E-state index in [9.17, 15) is 4.79 Å². The molecule has 0 amide bonds. The minimum absolute atomic E-state index is 0.403. The molecule has 3 rings (SSSR count). The Bertz CT molecular complexity index is 968. The van der Waals surface area contributed by atoms with Crippen molar-refractivity contribution in [1.82, 2.24) is 0 Å². The highest BCUT2D eigenvalue weighted by atomic mass is 16.4. The molecule has 1 heterocycles. The second kappa shape index (κ2) is 6.64. The summed E-state index contributed by atoms with van der Waals surface area (Å²) in [5.74, 6) is 0.